The summed E-state index contributed by atoms with van der Waals surface area (Å²) in [5.41, 5.74) is 3.10. The van der Waals surface area contributed by atoms with Gasteiger partial charge < -0.3 is 14.7 Å². The summed E-state index contributed by atoms with van der Waals surface area (Å²) in [5.74, 6) is -0.922. The number of methoxy groups -OCH3 is 1. The van der Waals surface area contributed by atoms with Crippen molar-refractivity contribution < 1.29 is 19.4 Å². The molecule has 1 saturated heterocycles. The van der Waals surface area contributed by atoms with E-state index in [1.807, 2.05) is 48.5 Å². The molecule has 0 bridgehead atoms. The van der Waals surface area contributed by atoms with Gasteiger partial charge in [-0.25, -0.2) is 0 Å². The highest BCUT2D eigenvalue weighted by Crippen LogP contribution is 2.41. The fraction of sp³-hybridized carbons (Fsp3) is 0.241. The first kappa shape index (κ1) is 24.6. The molecule has 5 nitrogen and oxygen atoms in total. The van der Waals surface area contributed by atoms with Crippen molar-refractivity contribution in [1.82, 2.24) is 4.90 Å². The van der Waals surface area contributed by atoms with Gasteiger partial charge in [-0.15, -0.1) is 0 Å². The molecule has 1 unspecified atom stereocenters. The second kappa shape index (κ2) is 9.59. The van der Waals surface area contributed by atoms with Gasteiger partial charge in [0.05, 0.1) is 18.7 Å². The van der Waals surface area contributed by atoms with Crippen LogP contribution in [0.4, 0.5) is 0 Å². The summed E-state index contributed by atoms with van der Waals surface area (Å²) in [6, 6.07) is 21.1. The van der Waals surface area contributed by atoms with E-state index in [2.05, 4.69) is 20.8 Å². The molecule has 1 N–H and O–H groups in total. The van der Waals surface area contributed by atoms with Gasteiger partial charge in [-0.2, -0.15) is 0 Å². The number of aliphatic hydroxyl groups excluding tert-OH is 1. The smallest absolute Gasteiger partial charge is 0.295 e. The van der Waals surface area contributed by atoms with E-state index >= 15 is 0 Å². The lowest BCUT2D eigenvalue weighted by atomic mass is 9.85. The van der Waals surface area contributed by atoms with Gasteiger partial charge in [0.1, 0.15) is 11.5 Å². The number of ether oxygens (including phenoxy) is 1. The van der Waals surface area contributed by atoms with Crippen LogP contribution in [-0.2, 0) is 21.5 Å². The van der Waals surface area contributed by atoms with Crippen molar-refractivity contribution in [2.24, 2.45) is 0 Å². The van der Waals surface area contributed by atoms with Crippen LogP contribution in [-0.4, -0.2) is 28.8 Å². The Balaban J connectivity index is 1.83. The lowest BCUT2D eigenvalue weighted by Crippen LogP contribution is -2.29. The molecule has 6 heteroatoms. The number of ketones is 1. The molecule has 0 radical (unpaired) electrons. The molecular weight excluding hydrogens is 462 g/mol. The van der Waals surface area contributed by atoms with Gasteiger partial charge in [-0.05, 0) is 46.4 Å². The summed E-state index contributed by atoms with van der Waals surface area (Å²) in [6.07, 6.45) is 0. The summed E-state index contributed by atoms with van der Waals surface area (Å²) in [7, 11) is 1.59. The number of aliphatic hydroxyl groups is 1. The average molecular weight is 490 g/mol. The number of nitrogens with zero attached hydrogens (tertiary/aromatic N) is 1. The first-order valence-corrected chi connectivity index (χ1v) is 11.8. The Kier molecular flexibility index (Phi) is 6.73. The average Bonchev–Trinajstić information content (AvgIpc) is 3.08. The minimum Gasteiger partial charge on any atom is -0.507 e. The van der Waals surface area contributed by atoms with Crippen LogP contribution in [0, 0.1) is 0 Å². The zero-order valence-electron chi connectivity index (χ0n) is 20.2. The van der Waals surface area contributed by atoms with Crippen LogP contribution in [0.2, 0.25) is 5.02 Å². The number of halogens is 1. The quantitative estimate of drug-likeness (QED) is 0.260. The Labute approximate surface area is 210 Å². The first-order chi connectivity index (χ1) is 16.6. The number of carbonyl (C=O) groups is 2. The van der Waals surface area contributed by atoms with E-state index in [0.717, 1.165) is 16.7 Å². The molecule has 180 valence electrons. The molecule has 35 heavy (non-hydrogen) atoms. The molecule has 0 aliphatic carbocycles. The van der Waals surface area contributed by atoms with Gasteiger partial charge >= 0.3 is 0 Å². The summed E-state index contributed by atoms with van der Waals surface area (Å²) in [4.78, 5) is 28.0. The highest BCUT2D eigenvalue weighted by Gasteiger charge is 2.46. The highest BCUT2D eigenvalue weighted by atomic mass is 35.5. The fourth-order valence-electron chi connectivity index (χ4n) is 4.27. The molecule has 1 fully saturated rings. The van der Waals surface area contributed by atoms with Gasteiger partial charge in [-0.3, -0.25) is 9.59 Å². The fourth-order valence-corrected chi connectivity index (χ4v) is 4.46. The number of amides is 1. The maximum Gasteiger partial charge on any atom is 0.295 e. The predicted molar refractivity (Wildman–Crippen MR) is 137 cm³/mol. The van der Waals surface area contributed by atoms with E-state index in [1.165, 1.54) is 4.90 Å². The third-order valence-electron chi connectivity index (χ3n) is 6.24. The van der Waals surface area contributed by atoms with E-state index in [9.17, 15) is 14.7 Å². The number of Topliss-reactive ketones (excluding diaryl/α,β-unsaturated/α-hetero) is 1. The Morgan fingerprint density at radius 2 is 1.66 bits per heavy atom. The van der Waals surface area contributed by atoms with Crippen LogP contribution in [0.1, 0.15) is 49.1 Å². The van der Waals surface area contributed by atoms with Crippen molar-refractivity contribution >= 4 is 29.1 Å². The van der Waals surface area contributed by atoms with Gasteiger partial charge in [0, 0.05) is 17.1 Å². The van der Waals surface area contributed by atoms with E-state index in [0.29, 0.717) is 16.3 Å². The third kappa shape index (κ3) is 4.96. The molecule has 3 aromatic carbocycles. The number of carbonyl (C=O) groups excluding carboxylic acids is 2. The second-order valence-electron chi connectivity index (χ2n) is 9.66. The predicted octanol–water partition coefficient (Wildman–Crippen LogP) is 6.27. The van der Waals surface area contributed by atoms with Crippen molar-refractivity contribution in [3.63, 3.8) is 0 Å². The maximum atomic E-state index is 13.3. The molecule has 0 spiro atoms. The van der Waals surface area contributed by atoms with Gasteiger partial charge in [0.15, 0.2) is 0 Å². The van der Waals surface area contributed by atoms with Crippen LogP contribution in [0.5, 0.6) is 5.75 Å². The second-order valence-corrected chi connectivity index (χ2v) is 10.1. The molecule has 0 saturated carbocycles. The van der Waals surface area contributed by atoms with Crippen LogP contribution in [0.25, 0.3) is 5.76 Å². The molecule has 1 aliphatic heterocycles. The van der Waals surface area contributed by atoms with Crippen molar-refractivity contribution in [3.8, 4) is 5.75 Å². The van der Waals surface area contributed by atoms with Crippen LogP contribution in [0.3, 0.4) is 0 Å². The number of hydrogen-bond acceptors (Lipinski definition) is 4. The number of hydrogen-bond donors (Lipinski definition) is 1. The van der Waals surface area contributed by atoms with Crippen molar-refractivity contribution in [1.29, 1.82) is 0 Å². The van der Waals surface area contributed by atoms with E-state index < -0.39 is 17.7 Å². The van der Waals surface area contributed by atoms with Crippen molar-refractivity contribution in [2.75, 3.05) is 7.11 Å². The monoisotopic (exact) mass is 489 g/mol. The molecule has 1 heterocycles. The summed E-state index contributed by atoms with van der Waals surface area (Å²) in [5, 5.41) is 11.6. The minimum absolute atomic E-state index is 0.0503. The van der Waals surface area contributed by atoms with E-state index in [1.54, 1.807) is 31.4 Å². The van der Waals surface area contributed by atoms with Crippen LogP contribution >= 0.6 is 11.6 Å². The van der Waals surface area contributed by atoms with Crippen LogP contribution in [0.15, 0.2) is 78.4 Å². The Bertz CT molecular complexity index is 1290. The highest BCUT2D eigenvalue weighted by molar-refractivity contribution is 6.46. The van der Waals surface area contributed by atoms with E-state index in [4.69, 9.17) is 16.3 Å². The Morgan fingerprint density at radius 3 is 2.23 bits per heavy atom. The third-order valence-corrected chi connectivity index (χ3v) is 6.48. The first-order valence-electron chi connectivity index (χ1n) is 11.4. The SMILES string of the molecule is COc1ccc(CN2C(=O)C(=O)/C(=C(\O)c3cccc(Cl)c3)C2c2ccc(C(C)(C)C)cc2)cc1. The minimum atomic E-state index is -0.745. The molecular formula is C29H28ClNO4. The topological polar surface area (TPSA) is 66.8 Å². The normalized spacial score (nSPS) is 17.6. The van der Waals surface area contributed by atoms with E-state index in [-0.39, 0.29) is 23.3 Å². The van der Waals surface area contributed by atoms with Gasteiger partial charge in [-0.1, -0.05) is 80.9 Å². The Hall–Kier alpha value is -3.57. The standard InChI is InChI=1S/C29H28ClNO4/c1-29(2,3)21-12-10-19(11-13-21)25-24(26(32)20-6-5-7-22(30)16-20)27(33)28(34)31(25)17-18-8-14-23(35-4)15-9-18/h5-16,25,32H,17H2,1-4H3/b26-24-. The largest absolute Gasteiger partial charge is 0.507 e. The molecule has 1 amide bonds. The zero-order valence-corrected chi connectivity index (χ0v) is 21.0. The maximum absolute atomic E-state index is 13.3. The van der Waals surface area contributed by atoms with Crippen molar-refractivity contribution in [3.05, 3.63) is 106 Å². The number of likely N-dealkylation sites (tertiary alicyclic amines) is 1. The lowest BCUT2D eigenvalue weighted by Gasteiger charge is -2.26. The summed E-state index contributed by atoms with van der Waals surface area (Å²) >= 11 is 6.13. The number of rotatable bonds is 5. The van der Waals surface area contributed by atoms with Crippen LogP contribution < -0.4 is 4.74 Å². The molecule has 3 aromatic rings. The molecule has 1 atom stereocenters. The van der Waals surface area contributed by atoms with Gasteiger partial charge in [0.25, 0.3) is 11.7 Å². The lowest BCUT2D eigenvalue weighted by molar-refractivity contribution is -0.140. The summed E-state index contributed by atoms with van der Waals surface area (Å²) < 4.78 is 5.23. The molecule has 4 rings (SSSR count). The summed E-state index contributed by atoms with van der Waals surface area (Å²) in [6.45, 7) is 6.57. The van der Waals surface area contributed by atoms with Gasteiger partial charge in [0.2, 0.25) is 0 Å². The molecule has 1 aliphatic rings. The zero-order chi connectivity index (χ0) is 25.3. The van der Waals surface area contributed by atoms with Crippen molar-refractivity contribution in [2.45, 2.75) is 38.8 Å². The Morgan fingerprint density at radius 1 is 1.00 bits per heavy atom. The number of benzene rings is 3. The molecule has 0 aromatic heterocycles.